The summed E-state index contributed by atoms with van der Waals surface area (Å²) < 4.78 is 5.53. The lowest BCUT2D eigenvalue weighted by molar-refractivity contribution is 0.0657. The predicted octanol–water partition coefficient (Wildman–Crippen LogP) is 2.50. The van der Waals surface area contributed by atoms with Gasteiger partial charge in [-0.15, -0.1) is 0 Å². The van der Waals surface area contributed by atoms with Crippen LogP contribution in [0.15, 0.2) is 24.3 Å². The molecule has 21 heavy (non-hydrogen) atoms. The summed E-state index contributed by atoms with van der Waals surface area (Å²) in [4.78, 5) is 12.1. The highest BCUT2D eigenvalue weighted by atomic mass is 16.5. The SMILES string of the molecule is CC(C)OCc1ccc(C(=O)NCC2CCC(O)C2)cc1. The number of nitrogens with one attached hydrogen (secondary N) is 1. The third-order valence-corrected chi connectivity index (χ3v) is 3.86. The van der Waals surface area contributed by atoms with Crippen LogP contribution in [0.2, 0.25) is 0 Å². The second-order valence-corrected chi connectivity index (χ2v) is 6.10. The second-order valence-electron chi connectivity index (χ2n) is 6.10. The Hall–Kier alpha value is -1.39. The Morgan fingerprint density at radius 2 is 2.05 bits per heavy atom. The van der Waals surface area contributed by atoms with Crippen LogP contribution in [-0.2, 0) is 11.3 Å². The van der Waals surface area contributed by atoms with E-state index in [9.17, 15) is 9.90 Å². The van der Waals surface area contributed by atoms with Crippen LogP contribution < -0.4 is 5.32 Å². The first kappa shape index (κ1) is 16.0. The van der Waals surface area contributed by atoms with Gasteiger partial charge in [-0.05, 0) is 56.7 Å². The van der Waals surface area contributed by atoms with E-state index in [0.717, 1.165) is 24.8 Å². The average Bonchev–Trinajstić information content (AvgIpc) is 2.89. The molecule has 116 valence electrons. The summed E-state index contributed by atoms with van der Waals surface area (Å²) in [5.74, 6) is 0.357. The van der Waals surface area contributed by atoms with Gasteiger partial charge in [-0.2, -0.15) is 0 Å². The zero-order valence-electron chi connectivity index (χ0n) is 12.8. The molecule has 1 aromatic rings. The Balaban J connectivity index is 1.79. The smallest absolute Gasteiger partial charge is 0.251 e. The van der Waals surface area contributed by atoms with Gasteiger partial charge in [-0.3, -0.25) is 4.79 Å². The number of hydrogen-bond acceptors (Lipinski definition) is 3. The van der Waals surface area contributed by atoms with Crippen LogP contribution in [0.5, 0.6) is 0 Å². The molecule has 0 aliphatic heterocycles. The van der Waals surface area contributed by atoms with Crippen LogP contribution in [0.1, 0.15) is 49.0 Å². The molecular weight excluding hydrogens is 266 g/mol. The molecule has 2 N–H and O–H groups in total. The first-order valence-corrected chi connectivity index (χ1v) is 7.71. The van der Waals surface area contributed by atoms with Crippen LogP contribution in [0.3, 0.4) is 0 Å². The minimum atomic E-state index is -0.188. The lowest BCUT2D eigenvalue weighted by Crippen LogP contribution is -2.28. The van der Waals surface area contributed by atoms with Gasteiger partial charge in [-0.25, -0.2) is 0 Å². The summed E-state index contributed by atoms with van der Waals surface area (Å²) in [6, 6.07) is 7.52. The van der Waals surface area contributed by atoms with Crippen LogP contribution in [0, 0.1) is 5.92 Å². The highest BCUT2D eigenvalue weighted by Gasteiger charge is 2.23. The molecule has 2 unspecified atom stereocenters. The maximum atomic E-state index is 12.1. The van der Waals surface area contributed by atoms with Crippen LogP contribution >= 0.6 is 0 Å². The Bertz CT molecular complexity index is 456. The van der Waals surface area contributed by atoms with E-state index in [0.29, 0.717) is 24.6 Å². The van der Waals surface area contributed by atoms with E-state index in [1.165, 1.54) is 0 Å². The van der Waals surface area contributed by atoms with Gasteiger partial charge in [0.25, 0.3) is 5.91 Å². The van der Waals surface area contributed by atoms with Gasteiger partial charge in [0.15, 0.2) is 0 Å². The molecule has 0 bridgehead atoms. The lowest BCUT2D eigenvalue weighted by atomic mass is 10.1. The Morgan fingerprint density at radius 3 is 2.62 bits per heavy atom. The predicted molar refractivity (Wildman–Crippen MR) is 82.0 cm³/mol. The molecule has 4 nitrogen and oxygen atoms in total. The summed E-state index contributed by atoms with van der Waals surface area (Å²) in [6.07, 6.45) is 2.66. The molecule has 0 spiro atoms. The monoisotopic (exact) mass is 291 g/mol. The number of aliphatic hydroxyl groups excluding tert-OH is 1. The summed E-state index contributed by atoms with van der Waals surface area (Å²) in [7, 11) is 0. The number of ether oxygens (including phenoxy) is 1. The quantitative estimate of drug-likeness (QED) is 0.846. The van der Waals surface area contributed by atoms with Crippen molar-refractivity contribution in [3.8, 4) is 0 Å². The molecule has 0 radical (unpaired) electrons. The lowest BCUT2D eigenvalue weighted by Gasteiger charge is -2.11. The normalized spacial score (nSPS) is 21.7. The van der Waals surface area contributed by atoms with Crippen molar-refractivity contribution in [2.24, 2.45) is 5.92 Å². The third kappa shape index (κ3) is 5.14. The van der Waals surface area contributed by atoms with Crippen LogP contribution in [0.4, 0.5) is 0 Å². The van der Waals surface area contributed by atoms with Crippen molar-refractivity contribution in [2.45, 2.75) is 51.9 Å². The maximum Gasteiger partial charge on any atom is 0.251 e. The fourth-order valence-electron chi connectivity index (χ4n) is 2.59. The summed E-state index contributed by atoms with van der Waals surface area (Å²) >= 11 is 0. The molecule has 2 rings (SSSR count). The summed E-state index contributed by atoms with van der Waals surface area (Å²) in [5, 5.41) is 12.4. The van der Waals surface area contributed by atoms with Crippen molar-refractivity contribution in [1.82, 2.24) is 5.32 Å². The van der Waals surface area contributed by atoms with E-state index in [4.69, 9.17) is 4.74 Å². The molecule has 0 heterocycles. The number of amides is 1. The van der Waals surface area contributed by atoms with Gasteiger partial charge >= 0.3 is 0 Å². The molecule has 1 fully saturated rings. The molecule has 1 aliphatic carbocycles. The van der Waals surface area contributed by atoms with E-state index >= 15 is 0 Å². The number of carbonyl (C=O) groups excluding carboxylic acids is 1. The molecule has 4 heteroatoms. The highest BCUT2D eigenvalue weighted by Crippen LogP contribution is 2.24. The number of benzene rings is 1. The van der Waals surface area contributed by atoms with Gasteiger partial charge in [0.2, 0.25) is 0 Å². The summed E-state index contributed by atoms with van der Waals surface area (Å²) in [5.41, 5.74) is 1.74. The van der Waals surface area contributed by atoms with Crippen LogP contribution in [-0.4, -0.2) is 29.8 Å². The maximum absolute atomic E-state index is 12.1. The number of rotatable bonds is 6. The van der Waals surface area contributed by atoms with Gasteiger partial charge < -0.3 is 15.2 Å². The van der Waals surface area contributed by atoms with Gasteiger partial charge in [0.05, 0.1) is 18.8 Å². The van der Waals surface area contributed by atoms with Gasteiger partial charge in [0.1, 0.15) is 0 Å². The minimum Gasteiger partial charge on any atom is -0.393 e. The zero-order chi connectivity index (χ0) is 15.2. The Morgan fingerprint density at radius 1 is 1.33 bits per heavy atom. The van der Waals surface area contributed by atoms with Gasteiger partial charge in [-0.1, -0.05) is 12.1 Å². The molecule has 2 atom stereocenters. The van der Waals surface area contributed by atoms with Crippen molar-refractivity contribution < 1.29 is 14.6 Å². The number of aliphatic hydroxyl groups is 1. The average molecular weight is 291 g/mol. The molecule has 0 saturated heterocycles. The molecule has 1 amide bonds. The van der Waals surface area contributed by atoms with E-state index in [1.54, 1.807) is 0 Å². The fraction of sp³-hybridized carbons (Fsp3) is 0.588. The molecule has 1 saturated carbocycles. The van der Waals surface area contributed by atoms with Gasteiger partial charge in [0, 0.05) is 12.1 Å². The van der Waals surface area contributed by atoms with E-state index in [1.807, 2.05) is 38.1 Å². The molecular formula is C17H25NO3. The van der Waals surface area contributed by atoms with E-state index in [-0.39, 0.29) is 18.1 Å². The first-order valence-electron chi connectivity index (χ1n) is 7.71. The number of carbonyl (C=O) groups is 1. The van der Waals surface area contributed by atoms with Crippen molar-refractivity contribution in [3.63, 3.8) is 0 Å². The Kier molecular flexibility index (Phi) is 5.76. The third-order valence-electron chi connectivity index (χ3n) is 3.86. The largest absolute Gasteiger partial charge is 0.393 e. The summed E-state index contributed by atoms with van der Waals surface area (Å²) in [6.45, 7) is 5.22. The molecule has 0 aromatic heterocycles. The van der Waals surface area contributed by atoms with Crippen LogP contribution in [0.25, 0.3) is 0 Å². The fourth-order valence-corrected chi connectivity index (χ4v) is 2.59. The topological polar surface area (TPSA) is 58.6 Å². The highest BCUT2D eigenvalue weighted by molar-refractivity contribution is 5.94. The first-order chi connectivity index (χ1) is 10.0. The van der Waals surface area contributed by atoms with Crippen molar-refractivity contribution >= 4 is 5.91 Å². The molecule has 1 aliphatic rings. The second kappa shape index (κ2) is 7.57. The van der Waals surface area contributed by atoms with E-state index in [2.05, 4.69) is 5.32 Å². The zero-order valence-corrected chi connectivity index (χ0v) is 12.8. The minimum absolute atomic E-state index is 0.0484. The number of hydrogen-bond donors (Lipinski definition) is 2. The Labute approximate surface area is 126 Å². The van der Waals surface area contributed by atoms with Crippen molar-refractivity contribution in [3.05, 3.63) is 35.4 Å². The van der Waals surface area contributed by atoms with Crippen molar-refractivity contribution in [2.75, 3.05) is 6.54 Å². The molecule has 1 aromatic carbocycles. The standard InChI is InChI=1S/C17H25NO3/c1-12(2)21-11-13-3-6-15(7-4-13)17(20)18-10-14-5-8-16(19)9-14/h3-4,6-7,12,14,16,19H,5,8-11H2,1-2H3,(H,18,20). The van der Waals surface area contributed by atoms with E-state index < -0.39 is 0 Å². The van der Waals surface area contributed by atoms with Crippen molar-refractivity contribution in [1.29, 1.82) is 0 Å².